The summed E-state index contributed by atoms with van der Waals surface area (Å²) in [4.78, 5) is 3.43. The fourth-order valence-corrected chi connectivity index (χ4v) is 2.22. The molecule has 0 saturated heterocycles. The van der Waals surface area contributed by atoms with E-state index in [9.17, 15) is 21.6 Å². The minimum Gasteiger partial charge on any atom is -0.430 e. The first-order valence-electron chi connectivity index (χ1n) is 4.75. The number of halogens is 4. The maximum atomic E-state index is 12.3. The summed E-state index contributed by atoms with van der Waals surface area (Å²) < 4.78 is 64.3. The summed E-state index contributed by atoms with van der Waals surface area (Å²) in [5, 5.41) is -0.669. The van der Waals surface area contributed by atoms with Gasteiger partial charge in [0.05, 0.1) is 11.8 Å². The van der Waals surface area contributed by atoms with Crippen LogP contribution in [0.2, 0.25) is 0 Å². The van der Waals surface area contributed by atoms with E-state index in [2.05, 4.69) is 4.99 Å². The molecule has 1 heterocycles. The van der Waals surface area contributed by atoms with Gasteiger partial charge in [-0.2, -0.15) is 13.2 Å². The monoisotopic (exact) mass is 311 g/mol. The number of aliphatic imine (C=N–C) groups is 1. The van der Waals surface area contributed by atoms with Crippen LogP contribution >= 0.6 is 11.6 Å². The van der Waals surface area contributed by atoms with Crippen LogP contribution < -0.4 is 4.74 Å². The van der Waals surface area contributed by atoms with E-state index in [1.165, 1.54) is 0 Å². The molecule has 0 fully saturated rings. The molecule has 0 atom stereocenters. The molecular formula is C10H5ClF3NO3S. The van der Waals surface area contributed by atoms with Crippen LogP contribution in [0.25, 0.3) is 0 Å². The van der Waals surface area contributed by atoms with Gasteiger partial charge in [0.1, 0.15) is 5.75 Å². The van der Waals surface area contributed by atoms with Gasteiger partial charge in [-0.05, 0) is 24.3 Å². The average molecular weight is 312 g/mol. The highest BCUT2D eigenvalue weighted by Crippen LogP contribution is 2.31. The van der Waals surface area contributed by atoms with Gasteiger partial charge in [-0.25, -0.2) is 13.4 Å². The van der Waals surface area contributed by atoms with Crippen molar-refractivity contribution in [2.75, 3.05) is 0 Å². The van der Waals surface area contributed by atoms with Crippen molar-refractivity contribution in [1.29, 1.82) is 0 Å². The predicted octanol–water partition coefficient (Wildman–Crippen LogP) is 2.91. The van der Waals surface area contributed by atoms with Crippen molar-refractivity contribution in [2.24, 2.45) is 4.99 Å². The second-order valence-corrected chi connectivity index (χ2v) is 5.88. The van der Waals surface area contributed by atoms with Gasteiger partial charge in [0.25, 0.3) is 9.84 Å². The van der Waals surface area contributed by atoms with Gasteiger partial charge in [0, 0.05) is 0 Å². The zero-order valence-corrected chi connectivity index (χ0v) is 10.6. The minimum atomic E-state index is -4.47. The Kier molecular flexibility index (Phi) is 3.31. The fourth-order valence-electron chi connectivity index (χ4n) is 1.22. The number of hydrogen-bond acceptors (Lipinski definition) is 4. The lowest BCUT2D eigenvalue weighted by Gasteiger charge is -2.08. The predicted molar refractivity (Wildman–Crippen MR) is 62.4 cm³/mol. The first-order valence-corrected chi connectivity index (χ1v) is 6.61. The first-order chi connectivity index (χ1) is 8.71. The number of alkyl halides is 3. The summed E-state index contributed by atoms with van der Waals surface area (Å²) in [5.41, 5.74) is -0.868. The molecule has 0 radical (unpaired) electrons. The number of nitrogens with zero attached hydrogens (tertiary/aromatic N) is 1. The smallest absolute Gasteiger partial charge is 0.416 e. The van der Waals surface area contributed by atoms with E-state index < -0.39 is 31.2 Å². The fraction of sp³-hybridized carbons (Fsp3) is 0.100. The number of benzene rings is 1. The maximum Gasteiger partial charge on any atom is 0.416 e. The van der Waals surface area contributed by atoms with E-state index in [4.69, 9.17) is 16.3 Å². The summed E-state index contributed by atoms with van der Waals surface area (Å²) in [6.45, 7) is 0. The number of hydrogen-bond donors (Lipinski definition) is 0. The maximum absolute atomic E-state index is 12.3. The molecule has 2 rings (SSSR count). The summed E-state index contributed by atoms with van der Waals surface area (Å²) in [6.07, 6.45) is -3.59. The van der Waals surface area contributed by atoms with Crippen molar-refractivity contribution in [1.82, 2.24) is 0 Å². The lowest BCUT2D eigenvalue weighted by atomic mass is 10.2. The molecule has 0 aliphatic carbocycles. The normalized spacial score (nSPS) is 17.9. The lowest BCUT2D eigenvalue weighted by molar-refractivity contribution is -0.137. The second-order valence-electron chi connectivity index (χ2n) is 3.46. The highest BCUT2D eigenvalue weighted by molar-refractivity contribution is 8.10. The van der Waals surface area contributed by atoms with E-state index in [0.29, 0.717) is 0 Å². The average Bonchev–Trinajstić information content (AvgIpc) is 2.56. The summed E-state index contributed by atoms with van der Waals surface area (Å²) in [5.74, 6) is -0.0879. The minimum absolute atomic E-state index is 0.0879. The van der Waals surface area contributed by atoms with Gasteiger partial charge in [-0.15, -0.1) is 0 Å². The highest BCUT2D eigenvalue weighted by atomic mass is 35.5. The first kappa shape index (κ1) is 13.9. The van der Waals surface area contributed by atoms with E-state index in [1.807, 2.05) is 0 Å². The molecule has 19 heavy (non-hydrogen) atoms. The largest absolute Gasteiger partial charge is 0.430 e. The van der Waals surface area contributed by atoms with Crippen LogP contribution in [0.3, 0.4) is 0 Å². The van der Waals surface area contributed by atoms with Crippen LogP contribution in [0.4, 0.5) is 13.2 Å². The van der Waals surface area contributed by atoms with E-state index in [1.54, 1.807) is 0 Å². The van der Waals surface area contributed by atoms with Crippen LogP contribution in [0.15, 0.2) is 39.8 Å². The molecule has 0 amide bonds. The quantitative estimate of drug-likeness (QED) is 0.801. The van der Waals surface area contributed by atoms with Crippen molar-refractivity contribution >= 4 is 26.7 Å². The second kappa shape index (κ2) is 4.53. The van der Waals surface area contributed by atoms with E-state index in [-0.39, 0.29) is 5.75 Å². The Labute approximate surface area is 111 Å². The van der Waals surface area contributed by atoms with Crippen LogP contribution in [0.5, 0.6) is 5.75 Å². The van der Waals surface area contributed by atoms with Crippen LogP contribution in [0.1, 0.15) is 5.56 Å². The Hall–Kier alpha value is -1.54. The molecule has 0 saturated carbocycles. The molecule has 1 aromatic carbocycles. The van der Waals surface area contributed by atoms with Crippen molar-refractivity contribution in [3.05, 3.63) is 40.4 Å². The molecule has 0 aromatic heterocycles. The summed E-state index contributed by atoms with van der Waals surface area (Å²) >= 11 is 5.38. The zero-order valence-electron chi connectivity index (χ0n) is 8.98. The topological polar surface area (TPSA) is 55.7 Å². The molecule has 0 bridgehead atoms. The highest BCUT2D eigenvalue weighted by Gasteiger charge is 2.32. The summed E-state index contributed by atoms with van der Waals surface area (Å²) in [6, 6.07) is 3.53. The molecule has 9 heteroatoms. The third-order valence-corrected chi connectivity index (χ3v) is 4.12. The Bertz CT molecular complexity index is 662. The number of sulfone groups is 1. The summed E-state index contributed by atoms with van der Waals surface area (Å²) in [7, 11) is -3.97. The Morgan fingerprint density at radius 1 is 1.16 bits per heavy atom. The van der Waals surface area contributed by atoms with Crippen LogP contribution in [0, 0.1) is 0 Å². The lowest BCUT2D eigenvalue weighted by Crippen LogP contribution is -2.18. The van der Waals surface area contributed by atoms with Gasteiger partial charge in [-0.3, -0.25) is 0 Å². The Morgan fingerprint density at radius 2 is 1.74 bits per heavy atom. The van der Waals surface area contributed by atoms with Gasteiger partial charge in [0.2, 0.25) is 0 Å². The van der Waals surface area contributed by atoms with Gasteiger partial charge in [0.15, 0.2) is 4.36 Å². The third-order valence-electron chi connectivity index (χ3n) is 2.14. The SMILES string of the molecule is O=S1(=O)C(Cl)=CN=C1Oc1ccc(C(F)(F)F)cc1. The van der Waals surface area contributed by atoms with Gasteiger partial charge in [-0.1, -0.05) is 11.6 Å². The molecule has 4 nitrogen and oxygen atoms in total. The van der Waals surface area contributed by atoms with Crippen molar-refractivity contribution in [2.45, 2.75) is 6.18 Å². The number of rotatable bonds is 1. The van der Waals surface area contributed by atoms with Crippen molar-refractivity contribution in [3.63, 3.8) is 0 Å². The zero-order chi connectivity index (χ0) is 14.3. The van der Waals surface area contributed by atoms with Gasteiger partial charge >= 0.3 is 11.4 Å². The Balaban J connectivity index is 2.19. The standard InChI is InChI=1S/C10H5ClF3NO3S/c11-8-5-15-9(19(8,16)17)18-7-3-1-6(2-4-7)10(12,13)14/h1-5H. The number of ether oxygens (including phenoxy) is 1. The van der Waals surface area contributed by atoms with E-state index in [0.717, 1.165) is 30.5 Å². The molecular weight excluding hydrogens is 307 g/mol. The van der Waals surface area contributed by atoms with Crippen molar-refractivity contribution < 1.29 is 26.3 Å². The Morgan fingerprint density at radius 3 is 2.16 bits per heavy atom. The molecule has 0 spiro atoms. The molecule has 0 N–H and O–H groups in total. The van der Waals surface area contributed by atoms with Crippen LogP contribution in [-0.2, 0) is 16.0 Å². The molecule has 1 aliphatic rings. The molecule has 1 aliphatic heterocycles. The van der Waals surface area contributed by atoms with Crippen LogP contribution in [-0.4, -0.2) is 13.6 Å². The molecule has 102 valence electrons. The molecule has 0 unspecified atom stereocenters. The van der Waals surface area contributed by atoms with Gasteiger partial charge < -0.3 is 4.74 Å². The third kappa shape index (κ3) is 2.74. The van der Waals surface area contributed by atoms with Crippen molar-refractivity contribution in [3.8, 4) is 5.75 Å². The molecule has 1 aromatic rings. The van der Waals surface area contributed by atoms with E-state index >= 15 is 0 Å².